The van der Waals surface area contributed by atoms with E-state index in [1.807, 2.05) is 0 Å². The Labute approximate surface area is 145 Å². The van der Waals surface area contributed by atoms with Crippen LogP contribution in [0.15, 0.2) is 42.6 Å². The lowest BCUT2D eigenvalue weighted by molar-refractivity contribution is 0.0937. The number of hydrogen-bond donors (Lipinski definition) is 2. The largest absolute Gasteiger partial charge is 0.383 e. The molecular formula is C18H20FN3O3. The van der Waals surface area contributed by atoms with Crippen molar-refractivity contribution in [2.45, 2.75) is 6.42 Å². The fourth-order valence-electron chi connectivity index (χ4n) is 2.17. The number of ether oxygens (including phenoxy) is 1. The van der Waals surface area contributed by atoms with Crippen LogP contribution in [0.1, 0.15) is 26.4 Å². The van der Waals surface area contributed by atoms with Gasteiger partial charge < -0.3 is 15.4 Å². The average molecular weight is 345 g/mol. The van der Waals surface area contributed by atoms with Crippen molar-refractivity contribution in [3.63, 3.8) is 0 Å². The Balaban J connectivity index is 1.90. The Morgan fingerprint density at radius 3 is 2.64 bits per heavy atom. The monoisotopic (exact) mass is 345 g/mol. The van der Waals surface area contributed by atoms with Crippen molar-refractivity contribution >= 4 is 11.8 Å². The molecule has 0 unspecified atom stereocenters. The molecule has 7 heteroatoms. The molecule has 0 saturated heterocycles. The maximum absolute atomic E-state index is 13.5. The number of aromatic nitrogens is 1. The van der Waals surface area contributed by atoms with Crippen molar-refractivity contribution in [1.29, 1.82) is 0 Å². The normalized spacial score (nSPS) is 10.3. The lowest BCUT2D eigenvalue weighted by atomic mass is 10.1. The molecule has 0 fully saturated rings. The summed E-state index contributed by atoms with van der Waals surface area (Å²) in [7, 11) is 1.54. The highest BCUT2D eigenvalue weighted by Crippen LogP contribution is 2.07. The van der Waals surface area contributed by atoms with E-state index in [9.17, 15) is 14.0 Å². The van der Waals surface area contributed by atoms with Gasteiger partial charge >= 0.3 is 0 Å². The molecule has 2 aromatic rings. The molecule has 0 aliphatic rings. The molecule has 0 aliphatic carbocycles. The van der Waals surface area contributed by atoms with Crippen molar-refractivity contribution in [1.82, 2.24) is 15.6 Å². The first-order chi connectivity index (χ1) is 12.1. The van der Waals surface area contributed by atoms with Gasteiger partial charge in [-0.2, -0.15) is 0 Å². The standard InChI is InChI=1S/C18H20FN3O3/c1-25-11-10-22-17(23)14-7-8-20-16(12-14)18(24)21-9-6-13-4-2-3-5-15(13)19/h2-5,7-8,12H,6,9-11H2,1H3,(H,21,24)(H,22,23). The smallest absolute Gasteiger partial charge is 0.269 e. The molecule has 0 aliphatic heterocycles. The van der Waals surface area contributed by atoms with E-state index in [-0.39, 0.29) is 24.0 Å². The van der Waals surface area contributed by atoms with Crippen LogP contribution in [0.2, 0.25) is 0 Å². The van der Waals surface area contributed by atoms with Gasteiger partial charge in [-0.05, 0) is 30.2 Å². The SMILES string of the molecule is COCCNC(=O)c1ccnc(C(=O)NCCc2ccccc2F)c1. The summed E-state index contributed by atoms with van der Waals surface area (Å²) in [4.78, 5) is 28.1. The second kappa shape index (κ2) is 9.48. The zero-order valence-electron chi connectivity index (χ0n) is 13.9. The maximum Gasteiger partial charge on any atom is 0.269 e. The molecule has 2 rings (SSSR count). The number of carbonyl (C=O) groups excluding carboxylic acids is 2. The van der Waals surface area contributed by atoms with Gasteiger partial charge in [0, 0.05) is 32.0 Å². The fourth-order valence-corrected chi connectivity index (χ4v) is 2.17. The van der Waals surface area contributed by atoms with Crippen LogP contribution in [-0.2, 0) is 11.2 Å². The molecule has 0 saturated carbocycles. The Morgan fingerprint density at radius 1 is 1.12 bits per heavy atom. The predicted octanol–water partition coefficient (Wildman–Crippen LogP) is 1.57. The first-order valence-corrected chi connectivity index (χ1v) is 7.86. The third kappa shape index (κ3) is 5.65. The highest BCUT2D eigenvalue weighted by atomic mass is 19.1. The molecule has 6 nitrogen and oxygen atoms in total. The van der Waals surface area contributed by atoms with E-state index in [4.69, 9.17) is 4.74 Å². The topological polar surface area (TPSA) is 80.3 Å². The summed E-state index contributed by atoms with van der Waals surface area (Å²) in [6, 6.07) is 9.35. The van der Waals surface area contributed by atoms with Gasteiger partial charge in [0.05, 0.1) is 6.61 Å². The highest BCUT2D eigenvalue weighted by molar-refractivity contribution is 5.98. The molecule has 0 radical (unpaired) electrons. The van der Waals surface area contributed by atoms with Crippen LogP contribution in [0.5, 0.6) is 0 Å². The van der Waals surface area contributed by atoms with E-state index in [0.29, 0.717) is 30.7 Å². The van der Waals surface area contributed by atoms with Crippen LogP contribution in [0.4, 0.5) is 4.39 Å². The van der Waals surface area contributed by atoms with Crippen molar-refractivity contribution in [2.24, 2.45) is 0 Å². The van der Waals surface area contributed by atoms with Gasteiger partial charge in [0.1, 0.15) is 11.5 Å². The van der Waals surface area contributed by atoms with Crippen molar-refractivity contribution < 1.29 is 18.7 Å². The Hall–Kier alpha value is -2.80. The number of nitrogens with one attached hydrogen (secondary N) is 2. The van der Waals surface area contributed by atoms with Crippen LogP contribution in [0.3, 0.4) is 0 Å². The molecule has 25 heavy (non-hydrogen) atoms. The van der Waals surface area contributed by atoms with E-state index in [1.165, 1.54) is 24.4 Å². The molecule has 0 bridgehead atoms. The molecule has 1 aromatic carbocycles. The van der Waals surface area contributed by atoms with E-state index in [1.54, 1.807) is 25.3 Å². The zero-order valence-corrected chi connectivity index (χ0v) is 13.9. The van der Waals surface area contributed by atoms with Gasteiger partial charge in [0.2, 0.25) is 0 Å². The molecule has 2 amide bonds. The van der Waals surface area contributed by atoms with Gasteiger partial charge in [-0.1, -0.05) is 18.2 Å². The minimum absolute atomic E-state index is 0.132. The van der Waals surface area contributed by atoms with Crippen molar-refractivity contribution in [2.75, 3.05) is 26.8 Å². The number of rotatable bonds is 8. The van der Waals surface area contributed by atoms with Crippen molar-refractivity contribution in [3.8, 4) is 0 Å². The highest BCUT2D eigenvalue weighted by Gasteiger charge is 2.11. The molecule has 1 aromatic heterocycles. The zero-order chi connectivity index (χ0) is 18.1. The van der Waals surface area contributed by atoms with E-state index < -0.39 is 5.91 Å². The van der Waals surface area contributed by atoms with Gasteiger partial charge in [0.15, 0.2) is 0 Å². The van der Waals surface area contributed by atoms with Gasteiger partial charge in [-0.25, -0.2) is 4.39 Å². The number of halogens is 1. The lowest BCUT2D eigenvalue weighted by Crippen LogP contribution is -2.29. The Morgan fingerprint density at radius 2 is 1.88 bits per heavy atom. The van der Waals surface area contributed by atoms with E-state index in [0.717, 1.165) is 0 Å². The molecule has 132 valence electrons. The number of hydrogen-bond acceptors (Lipinski definition) is 4. The first-order valence-electron chi connectivity index (χ1n) is 7.86. The van der Waals surface area contributed by atoms with Crippen LogP contribution in [0, 0.1) is 5.82 Å². The summed E-state index contributed by atoms with van der Waals surface area (Å²) in [5.41, 5.74) is 1.00. The number of pyridine rings is 1. The Kier molecular flexibility index (Phi) is 7.03. The molecule has 0 atom stereocenters. The fraction of sp³-hybridized carbons (Fsp3) is 0.278. The van der Waals surface area contributed by atoms with Gasteiger partial charge in [-0.15, -0.1) is 0 Å². The number of nitrogens with zero attached hydrogens (tertiary/aromatic N) is 1. The summed E-state index contributed by atoms with van der Waals surface area (Å²) in [5, 5.41) is 5.35. The first kappa shape index (κ1) is 18.5. The number of benzene rings is 1. The third-order valence-electron chi connectivity index (χ3n) is 3.48. The summed E-state index contributed by atoms with van der Waals surface area (Å²) in [6.07, 6.45) is 1.77. The number of methoxy groups -OCH3 is 1. The number of amides is 2. The van der Waals surface area contributed by atoms with E-state index >= 15 is 0 Å². The quantitative estimate of drug-likeness (QED) is 0.712. The predicted molar refractivity (Wildman–Crippen MR) is 90.9 cm³/mol. The minimum atomic E-state index is -0.414. The summed E-state index contributed by atoms with van der Waals surface area (Å²) >= 11 is 0. The molecule has 0 spiro atoms. The summed E-state index contributed by atoms with van der Waals surface area (Å²) < 4.78 is 18.4. The van der Waals surface area contributed by atoms with Crippen LogP contribution >= 0.6 is 0 Å². The molecule has 2 N–H and O–H groups in total. The lowest BCUT2D eigenvalue weighted by Gasteiger charge is -2.08. The number of carbonyl (C=O) groups is 2. The second-order valence-corrected chi connectivity index (χ2v) is 5.28. The van der Waals surface area contributed by atoms with E-state index in [2.05, 4.69) is 15.6 Å². The summed E-state index contributed by atoms with van der Waals surface area (Å²) in [6.45, 7) is 1.05. The van der Waals surface area contributed by atoms with Gasteiger partial charge in [0.25, 0.3) is 11.8 Å². The van der Waals surface area contributed by atoms with Crippen LogP contribution in [0.25, 0.3) is 0 Å². The van der Waals surface area contributed by atoms with Crippen LogP contribution in [-0.4, -0.2) is 43.6 Å². The summed E-state index contributed by atoms with van der Waals surface area (Å²) in [5.74, 6) is -1.02. The van der Waals surface area contributed by atoms with Gasteiger partial charge in [-0.3, -0.25) is 14.6 Å². The average Bonchev–Trinajstić information content (AvgIpc) is 2.63. The molecular weight excluding hydrogens is 325 g/mol. The minimum Gasteiger partial charge on any atom is -0.383 e. The maximum atomic E-state index is 13.5. The third-order valence-corrected chi connectivity index (χ3v) is 3.48. The Bertz CT molecular complexity index is 737. The second-order valence-electron chi connectivity index (χ2n) is 5.28. The van der Waals surface area contributed by atoms with Crippen LogP contribution < -0.4 is 10.6 Å². The molecule has 1 heterocycles. The van der Waals surface area contributed by atoms with Crippen molar-refractivity contribution in [3.05, 3.63) is 65.2 Å².